The van der Waals surface area contributed by atoms with E-state index >= 15 is 0 Å². The van der Waals surface area contributed by atoms with Crippen molar-refractivity contribution in [3.63, 3.8) is 0 Å². The number of nitrogens with one attached hydrogen (secondary N) is 1. The lowest BCUT2D eigenvalue weighted by Crippen LogP contribution is -2.05. The van der Waals surface area contributed by atoms with Gasteiger partial charge in [0.05, 0.1) is 6.33 Å². The van der Waals surface area contributed by atoms with Crippen molar-refractivity contribution in [2.75, 3.05) is 5.73 Å². The summed E-state index contributed by atoms with van der Waals surface area (Å²) in [5, 5.41) is 0. The van der Waals surface area contributed by atoms with Crippen LogP contribution in [0.25, 0.3) is 11.2 Å². The van der Waals surface area contributed by atoms with Gasteiger partial charge in [-0.2, -0.15) is 0 Å². The number of anilines is 1. The molecule has 0 aliphatic rings. The zero-order valence-corrected chi connectivity index (χ0v) is 8.99. The van der Waals surface area contributed by atoms with E-state index in [4.69, 9.17) is 5.73 Å². The highest BCUT2D eigenvalue weighted by molar-refractivity contribution is 5.80. The van der Waals surface area contributed by atoms with Gasteiger partial charge in [0.25, 0.3) is 0 Å². The van der Waals surface area contributed by atoms with Gasteiger partial charge in [-0.15, -0.1) is 0 Å². The summed E-state index contributed by atoms with van der Waals surface area (Å²) in [4.78, 5) is 15.6. The number of imidazole rings is 1. The highest BCUT2D eigenvalue weighted by Crippen LogP contribution is 2.15. The molecule has 0 aliphatic carbocycles. The van der Waals surface area contributed by atoms with E-state index in [0.717, 1.165) is 24.3 Å². The first-order valence-electron chi connectivity index (χ1n) is 5.16. The lowest BCUT2D eigenvalue weighted by molar-refractivity contribution is 0.545. The number of H-pyrrole nitrogens is 1. The van der Waals surface area contributed by atoms with E-state index in [0.29, 0.717) is 17.3 Å². The second-order valence-corrected chi connectivity index (χ2v) is 3.84. The zero-order chi connectivity index (χ0) is 10.8. The van der Waals surface area contributed by atoms with E-state index in [9.17, 15) is 0 Å². The quantitative estimate of drug-likeness (QED) is 0.796. The maximum Gasteiger partial charge on any atom is 0.163 e. The molecule has 0 radical (unpaired) electrons. The van der Waals surface area contributed by atoms with E-state index in [-0.39, 0.29) is 0 Å². The van der Waals surface area contributed by atoms with Crippen LogP contribution in [0.4, 0.5) is 5.82 Å². The van der Waals surface area contributed by atoms with Gasteiger partial charge in [-0.25, -0.2) is 15.0 Å². The molecule has 0 bridgehead atoms. The number of fused-ring (bicyclic) bond motifs is 1. The van der Waals surface area contributed by atoms with Gasteiger partial charge in [0, 0.05) is 6.42 Å². The Bertz CT molecular complexity index is 462. The normalized spacial score (nSPS) is 13.2. The van der Waals surface area contributed by atoms with Gasteiger partial charge >= 0.3 is 0 Å². The number of aromatic nitrogens is 4. The number of nitrogens with two attached hydrogens (primary N) is 1. The summed E-state index contributed by atoms with van der Waals surface area (Å²) in [6.45, 7) is 4.33. The van der Waals surface area contributed by atoms with Gasteiger partial charge in [-0.05, 0) is 5.92 Å². The fourth-order valence-electron chi connectivity index (χ4n) is 1.45. The van der Waals surface area contributed by atoms with E-state index in [1.807, 2.05) is 0 Å². The largest absolute Gasteiger partial charge is 0.382 e. The van der Waals surface area contributed by atoms with Crippen molar-refractivity contribution in [2.45, 2.75) is 26.7 Å². The molecule has 0 fully saturated rings. The molecular formula is C10H15N5. The Hall–Kier alpha value is -1.65. The minimum atomic E-state index is 0.458. The van der Waals surface area contributed by atoms with Crippen LogP contribution < -0.4 is 5.73 Å². The average Bonchev–Trinajstić information content (AvgIpc) is 2.66. The summed E-state index contributed by atoms with van der Waals surface area (Å²) in [6.07, 6.45) is 3.56. The molecule has 2 aromatic rings. The molecule has 3 N–H and O–H groups in total. The first kappa shape index (κ1) is 9.89. The Kier molecular flexibility index (Phi) is 2.53. The van der Waals surface area contributed by atoms with Crippen LogP contribution in [0.5, 0.6) is 0 Å². The molecule has 0 aliphatic heterocycles. The zero-order valence-electron chi connectivity index (χ0n) is 8.99. The molecule has 2 heterocycles. The standard InChI is InChI=1S/C10H15N5/c1-3-6(2)4-7-14-9(11)8-10(15-7)13-5-12-8/h5-6H,3-4H2,1-2H3,(H3,11,12,13,14,15). The number of hydrogen-bond donors (Lipinski definition) is 2. The molecule has 0 aromatic carbocycles. The molecule has 0 saturated heterocycles. The minimum absolute atomic E-state index is 0.458. The summed E-state index contributed by atoms with van der Waals surface area (Å²) >= 11 is 0. The molecule has 2 rings (SSSR count). The van der Waals surface area contributed by atoms with Gasteiger partial charge in [0.2, 0.25) is 0 Å². The molecule has 1 atom stereocenters. The topological polar surface area (TPSA) is 80.5 Å². The van der Waals surface area contributed by atoms with Gasteiger partial charge in [-0.1, -0.05) is 20.3 Å². The fraction of sp³-hybridized carbons (Fsp3) is 0.500. The molecule has 1 unspecified atom stereocenters. The van der Waals surface area contributed by atoms with Crippen molar-refractivity contribution in [1.82, 2.24) is 19.9 Å². The summed E-state index contributed by atoms with van der Waals surface area (Å²) in [6, 6.07) is 0. The summed E-state index contributed by atoms with van der Waals surface area (Å²) in [5.74, 6) is 1.82. The average molecular weight is 205 g/mol. The van der Waals surface area contributed by atoms with E-state index in [1.165, 1.54) is 0 Å². The SMILES string of the molecule is CCC(C)Cc1nc(N)c2nc[nH]c2n1. The van der Waals surface area contributed by atoms with Gasteiger partial charge in [0.1, 0.15) is 11.3 Å². The van der Waals surface area contributed by atoms with Crippen LogP contribution in [0.15, 0.2) is 6.33 Å². The third-order valence-electron chi connectivity index (χ3n) is 2.58. The maximum atomic E-state index is 5.79. The Morgan fingerprint density at radius 1 is 1.47 bits per heavy atom. The second-order valence-electron chi connectivity index (χ2n) is 3.84. The number of nitrogens with zero attached hydrogens (tertiary/aromatic N) is 3. The number of hydrogen-bond acceptors (Lipinski definition) is 4. The number of rotatable bonds is 3. The van der Waals surface area contributed by atoms with Crippen LogP contribution in [0.3, 0.4) is 0 Å². The van der Waals surface area contributed by atoms with Crippen LogP contribution in [-0.4, -0.2) is 19.9 Å². The van der Waals surface area contributed by atoms with Crippen molar-refractivity contribution in [1.29, 1.82) is 0 Å². The fourth-order valence-corrected chi connectivity index (χ4v) is 1.45. The third-order valence-corrected chi connectivity index (χ3v) is 2.58. The Morgan fingerprint density at radius 3 is 3.00 bits per heavy atom. The first-order valence-corrected chi connectivity index (χ1v) is 5.16. The van der Waals surface area contributed by atoms with Gasteiger partial charge in [0.15, 0.2) is 11.5 Å². The van der Waals surface area contributed by atoms with Crippen molar-refractivity contribution in [2.24, 2.45) is 5.92 Å². The summed E-state index contributed by atoms with van der Waals surface area (Å²) in [7, 11) is 0. The molecule has 5 nitrogen and oxygen atoms in total. The highest BCUT2D eigenvalue weighted by Gasteiger charge is 2.09. The molecule has 5 heteroatoms. The monoisotopic (exact) mass is 205 g/mol. The van der Waals surface area contributed by atoms with Crippen LogP contribution in [0, 0.1) is 5.92 Å². The molecule has 80 valence electrons. The Balaban J connectivity index is 2.36. The summed E-state index contributed by atoms with van der Waals surface area (Å²) in [5.41, 5.74) is 7.16. The molecule has 0 spiro atoms. The van der Waals surface area contributed by atoms with Crippen LogP contribution in [0.2, 0.25) is 0 Å². The maximum absolute atomic E-state index is 5.79. The number of nitrogen functional groups attached to an aromatic ring is 1. The van der Waals surface area contributed by atoms with Crippen molar-refractivity contribution in [3.8, 4) is 0 Å². The lowest BCUT2D eigenvalue weighted by Gasteiger charge is -2.06. The van der Waals surface area contributed by atoms with Gasteiger partial charge < -0.3 is 10.7 Å². The van der Waals surface area contributed by atoms with Crippen LogP contribution >= 0.6 is 0 Å². The minimum Gasteiger partial charge on any atom is -0.382 e. The molecule has 2 aromatic heterocycles. The Labute approximate surface area is 88.1 Å². The van der Waals surface area contributed by atoms with Crippen molar-refractivity contribution in [3.05, 3.63) is 12.2 Å². The highest BCUT2D eigenvalue weighted by atomic mass is 15.0. The Morgan fingerprint density at radius 2 is 2.27 bits per heavy atom. The predicted octanol–water partition coefficient (Wildman–Crippen LogP) is 1.52. The van der Waals surface area contributed by atoms with E-state index in [2.05, 4.69) is 33.8 Å². The van der Waals surface area contributed by atoms with Crippen molar-refractivity contribution < 1.29 is 0 Å². The van der Waals surface area contributed by atoms with Gasteiger partial charge in [-0.3, -0.25) is 0 Å². The lowest BCUT2D eigenvalue weighted by atomic mass is 10.1. The number of aromatic amines is 1. The molecule has 15 heavy (non-hydrogen) atoms. The van der Waals surface area contributed by atoms with Crippen molar-refractivity contribution >= 4 is 17.0 Å². The molecule has 0 saturated carbocycles. The van der Waals surface area contributed by atoms with Crippen LogP contribution in [-0.2, 0) is 6.42 Å². The van der Waals surface area contributed by atoms with E-state index in [1.54, 1.807) is 6.33 Å². The van der Waals surface area contributed by atoms with Crippen LogP contribution in [0.1, 0.15) is 26.1 Å². The third kappa shape index (κ3) is 1.91. The smallest absolute Gasteiger partial charge is 0.163 e. The molecular weight excluding hydrogens is 190 g/mol. The predicted molar refractivity (Wildman–Crippen MR) is 59.3 cm³/mol. The van der Waals surface area contributed by atoms with E-state index < -0.39 is 0 Å². The first-order chi connectivity index (χ1) is 7.20. The molecule has 0 amide bonds. The second kappa shape index (κ2) is 3.84. The summed E-state index contributed by atoms with van der Waals surface area (Å²) < 4.78 is 0.